The van der Waals surface area contributed by atoms with Crippen molar-refractivity contribution >= 4 is 35.0 Å². The number of thioether (sulfide) groups is 1. The largest absolute Gasteiger partial charge is 0.398 e. The number of nitrogens with one attached hydrogen (secondary N) is 1. The van der Waals surface area contributed by atoms with Gasteiger partial charge in [0.1, 0.15) is 0 Å². The highest BCUT2D eigenvalue weighted by Gasteiger charge is 2.11. The molecule has 0 radical (unpaired) electrons. The van der Waals surface area contributed by atoms with E-state index in [4.69, 9.17) is 17.3 Å². The van der Waals surface area contributed by atoms with Crippen LogP contribution < -0.4 is 11.1 Å². The van der Waals surface area contributed by atoms with Gasteiger partial charge in [0.15, 0.2) is 0 Å². The first-order valence-corrected chi connectivity index (χ1v) is 7.23. The molecule has 1 aromatic rings. The van der Waals surface area contributed by atoms with Crippen LogP contribution in [-0.2, 0) is 4.79 Å². The quantitative estimate of drug-likeness (QED) is 0.646. The molecule has 0 bridgehead atoms. The number of rotatable bonds is 5. The molecule has 3 N–H and O–H groups in total. The lowest BCUT2D eigenvalue weighted by atomic mass is 10.1. The van der Waals surface area contributed by atoms with Crippen LogP contribution in [0.15, 0.2) is 23.1 Å². The fraction of sp³-hybridized carbons (Fsp3) is 0.462. The Morgan fingerprint density at radius 1 is 1.44 bits per heavy atom. The third kappa shape index (κ3) is 4.78. The van der Waals surface area contributed by atoms with Gasteiger partial charge in [-0.25, -0.2) is 0 Å². The highest BCUT2D eigenvalue weighted by molar-refractivity contribution is 8.00. The van der Waals surface area contributed by atoms with Gasteiger partial charge in [-0.1, -0.05) is 25.4 Å². The van der Waals surface area contributed by atoms with Gasteiger partial charge in [-0.3, -0.25) is 4.79 Å². The summed E-state index contributed by atoms with van der Waals surface area (Å²) in [7, 11) is 0. The standard InChI is InChI=1S/C13H19ClN2OS/c1-8(2)9(3)16-13(17)7-18-10-4-5-12(15)11(14)6-10/h4-6,8-9H,7,15H2,1-3H3,(H,16,17). The second kappa shape index (κ2) is 6.90. The third-order valence-corrected chi connectivity index (χ3v) is 4.05. The second-order valence-electron chi connectivity index (χ2n) is 4.57. The molecule has 18 heavy (non-hydrogen) atoms. The molecule has 0 aromatic heterocycles. The molecule has 3 nitrogen and oxygen atoms in total. The minimum absolute atomic E-state index is 0.0362. The number of nitrogen functional groups attached to an aromatic ring is 1. The Hall–Kier alpha value is -0.870. The first-order valence-electron chi connectivity index (χ1n) is 5.87. The number of carbonyl (C=O) groups is 1. The number of hydrogen-bond acceptors (Lipinski definition) is 3. The van der Waals surface area contributed by atoms with E-state index in [1.807, 2.05) is 13.0 Å². The summed E-state index contributed by atoms with van der Waals surface area (Å²) in [4.78, 5) is 12.6. The van der Waals surface area contributed by atoms with Crippen LogP contribution in [0.4, 0.5) is 5.69 Å². The minimum Gasteiger partial charge on any atom is -0.398 e. The van der Waals surface area contributed by atoms with Crippen molar-refractivity contribution in [1.82, 2.24) is 5.32 Å². The van der Waals surface area contributed by atoms with E-state index in [0.29, 0.717) is 22.4 Å². The highest BCUT2D eigenvalue weighted by atomic mass is 35.5. The molecule has 100 valence electrons. The Morgan fingerprint density at radius 3 is 2.67 bits per heavy atom. The SMILES string of the molecule is CC(C)C(C)NC(=O)CSc1ccc(N)c(Cl)c1. The Morgan fingerprint density at radius 2 is 2.11 bits per heavy atom. The maximum absolute atomic E-state index is 11.7. The molecular formula is C13H19ClN2OS. The maximum atomic E-state index is 11.7. The molecule has 0 aliphatic heterocycles. The molecule has 0 heterocycles. The number of carbonyl (C=O) groups excluding carboxylic acids is 1. The zero-order valence-corrected chi connectivity index (χ0v) is 12.4. The van der Waals surface area contributed by atoms with Crippen molar-refractivity contribution < 1.29 is 4.79 Å². The van der Waals surface area contributed by atoms with Crippen molar-refractivity contribution in [2.45, 2.75) is 31.7 Å². The molecule has 0 saturated carbocycles. The topological polar surface area (TPSA) is 55.1 Å². The lowest BCUT2D eigenvalue weighted by Gasteiger charge is -2.17. The van der Waals surface area contributed by atoms with Gasteiger partial charge in [-0.05, 0) is 31.0 Å². The summed E-state index contributed by atoms with van der Waals surface area (Å²) in [5.41, 5.74) is 6.18. The molecule has 1 atom stereocenters. The number of nitrogens with two attached hydrogens (primary N) is 1. The van der Waals surface area contributed by atoms with Crippen molar-refractivity contribution in [3.8, 4) is 0 Å². The zero-order chi connectivity index (χ0) is 13.7. The summed E-state index contributed by atoms with van der Waals surface area (Å²) in [6.07, 6.45) is 0. The van der Waals surface area contributed by atoms with Crippen LogP contribution in [0.25, 0.3) is 0 Å². The van der Waals surface area contributed by atoms with Gasteiger partial charge in [0, 0.05) is 10.9 Å². The van der Waals surface area contributed by atoms with Crippen LogP contribution in [-0.4, -0.2) is 17.7 Å². The van der Waals surface area contributed by atoms with E-state index in [1.165, 1.54) is 11.8 Å². The summed E-state index contributed by atoms with van der Waals surface area (Å²) in [6.45, 7) is 6.17. The fourth-order valence-electron chi connectivity index (χ4n) is 1.21. The molecule has 1 amide bonds. The molecule has 1 unspecified atom stereocenters. The van der Waals surface area contributed by atoms with Gasteiger partial charge in [0.05, 0.1) is 16.5 Å². The van der Waals surface area contributed by atoms with Crippen molar-refractivity contribution in [2.75, 3.05) is 11.5 Å². The van der Waals surface area contributed by atoms with Crippen LogP contribution in [0.2, 0.25) is 5.02 Å². The first-order chi connectivity index (χ1) is 8.40. The Balaban J connectivity index is 2.45. The lowest BCUT2D eigenvalue weighted by Crippen LogP contribution is -2.37. The van der Waals surface area contributed by atoms with Crippen LogP contribution in [0.3, 0.4) is 0 Å². The van der Waals surface area contributed by atoms with E-state index in [2.05, 4.69) is 19.2 Å². The van der Waals surface area contributed by atoms with Gasteiger partial charge in [-0.15, -0.1) is 11.8 Å². The van der Waals surface area contributed by atoms with Crippen molar-refractivity contribution in [2.24, 2.45) is 5.92 Å². The molecular weight excluding hydrogens is 268 g/mol. The summed E-state index contributed by atoms with van der Waals surface area (Å²) >= 11 is 7.37. The second-order valence-corrected chi connectivity index (χ2v) is 6.03. The highest BCUT2D eigenvalue weighted by Crippen LogP contribution is 2.26. The summed E-state index contributed by atoms with van der Waals surface area (Å²) in [5, 5.41) is 3.48. The summed E-state index contributed by atoms with van der Waals surface area (Å²) < 4.78 is 0. The number of hydrogen-bond donors (Lipinski definition) is 2. The molecule has 0 saturated heterocycles. The molecule has 1 rings (SSSR count). The maximum Gasteiger partial charge on any atom is 0.230 e. The number of halogens is 1. The first kappa shape index (κ1) is 15.2. The average molecular weight is 287 g/mol. The monoisotopic (exact) mass is 286 g/mol. The zero-order valence-electron chi connectivity index (χ0n) is 10.9. The Kier molecular flexibility index (Phi) is 5.82. The summed E-state index contributed by atoms with van der Waals surface area (Å²) in [6, 6.07) is 5.58. The van der Waals surface area contributed by atoms with Gasteiger partial charge >= 0.3 is 0 Å². The van der Waals surface area contributed by atoms with Crippen LogP contribution in [0, 0.1) is 5.92 Å². The van der Waals surface area contributed by atoms with E-state index >= 15 is 0 Å². The smallest absolute Gasteiger partial charge is 0.230 e. The van der Waals surface area contributed by atoms with Crippen molar-refractivity contribution in [1.29, 1.82) is 0 Å². The molecule has 1 aromatic carbocycles. The van der Waals surface area contributed by atoms with E-state index < -0.39 is 0 Å². The predicted octanol–water partition coefficient (Wildman–Crippen LogP) is 3.18. The molecule has 0 spiro atoms. The number of anilines is 1. The van der Waals surface area contributed by atoms with Gasteiger partial charge in [0.2, 0.25) is 5.91 Å². The molecule has 0 aliphatic carbocycles. The van der Waals surface area contributed by atoms with Gasteiger partial charge in [-0.2, -0.15) is 0 Å². The minimum atomic E-state index is 0.0362. The number of amides is 1. The van der Waals surface area contributed by atoms with Crippen LogP contribution >= 0.6 is 23.4 Å². The van der Waals surface area contributed by atoms with E-state index in [0.717, 1.165) is 4.90 Å². The third-order valence-electron chi connectivity index (χ3n) is 2.73. The van der Waals surface area contributed by atoms with Crippen molar-refractivity contribution in [3.05, 3.63) is 23.2 Å². The summed E-state index contributed by atoms with van der Waals surface area (Å²) in [5.74, 6) is 0.858. The normalized spacial score (nSPS) is 12.5. The van der Waals surface area contributed by atoms with Gasteiger partial charge < -0.3 is 11.1 Å². The van der Waals surface area contributed by atoms with E-state index in [1.54, 1.807) is 12.1 Å². The fourth-order valence-corrected chi connectivity index (χ4v) is 2.20. The predicted molar refractivity (Wildman–Crippen MR) is 79.0 cm³/mol. The Bertz CT molecular complexity index is 423. The van der Waals surface area contributed by atoms with Crippen molar-refractivity contribution in [3.63, 3.8) is 0 Å². The number of benzene rings is 1. The van der Waals surface area contributed by atoms with Crippen LogP contribution in [0.1, 0.15) is 20.8 Å². The average Bonchev–Trinajstić information content (AvgIpc) is 2.30. The molecule has 0 fully saturated rings. The lowest BCUT2D eigenvalue weighted by molar-refractivity contribution is -0.119. The van der Waals surface area contributed by atoms with E-state index in [9.17, 15) is 4.79 Å². The van der Waals surface area contributed by atoms with E-state index in [-0.39, 0.29) is 11.9 Å². The van der Waals surface area contributed by atoms with Crippen LogP contribution in [0.5, 0.6) is 0 Å². The molecule has 0 aliphatic rings. The Labute approximate surface area is 117 Å². The van der Waals surface area contributed by atoms with Gasteiger partial charge in [0.25, 0.3) is 0 Å². The molecule has 5 heteroatoms.